The van der Waals surface area contributed by atoms with Crippen molar-refractivity contribution in [2.75, 3.05) is 20.2 Å². The predicted molar refractivity (Wildman–Crippen MR) is 81.1 cm³/mol. The second kappa shape index (κ2) is 7.32. The van der Waals surface area contributed by atoms with Crippen LogP contribution in [0.1, 0.15) is 50.5 Å². The maximum absolute atomic E-state index is 12.0. The molecular weight excluding hydrogens is 250 g/mol. The molecule has 0 N–H and O–H groups in total. The van der Waals surface area contributed by atoms with Crippen LogP contribution in [-0.4, -0.2) is 31.0 Å². The van der Waals surface area contributed by atoms with Crippen molar-refractivity contribution in [1.82, 2.24) is 4.90 Å². The molecular formula is C17H25NO2. The van der Waals surface area contributed by atoms with E-state index in [0.717, 1.165) is 44.5 Å². The van der Waals surface area contributed by atoms with Gasteiger partial charge in [-0.15, -0.1) is 0 Å². The van der Waals surface area contributed by atoms with Crippen LogP contribution in [0.2, 0.25) is 0 Å². The van der Waals surface area contributed by atoms with E-state index < -0.39 is 0 Å². The van der Waals surface area contributed by atoms with E-state index in [1.165, 1.54) is 5.56 Å². The van der Waals surface area contributed by atoms with Crippen molar-refractivity contribution in [3.8, 4) is 5.75 Å². The number of carbonyl (C=O) groups is 1. The van der Waals surface area contributed by atoms with Gasteiger partial charge >= 0.3 is 0 Å². The molecule has 1 heterocycles. The number of unbranched alkanes of at least 4 members (excludes halogenated alkanes) is 1. The molecule has 0 bridgehead atoms. The molecule has 0 radical (unpaired) electrons. The first kappa shape index (κ1) is 14.9. The van der Waals surface area contributed by atoms with Crippen molar-refractivity contribution in [3.63, 3.8) is 0 Å². The summed E-state index contributed by atoms with van der Waals surface area (Å²) in [6.07, 6.45) is 4.96. The molecule has 0 aliphatic carbocycles. The molecule has 1 aliphatic heterocycles. The molecule has 0 atom stereocenters. The summed E-state index contributed by atoms with van der Waals surface area (Å²) >= 11 is 0. The van der Waals surface area contributed by atoms with Gasteiger partial charge in [-0.25, -0.2) is 0 Å². The van der Waals surface area contributed by atoms with Gasteiger partial charge in [0.15, 0.2) is 0 Å². The van der Waals surface area contributed by atoms with Crippen LogP contribution in [0.15, 0.2) is 24.3 Å². The van der Waals surface area contributed by atoms with Crippen molar-refractivity contribution in [2.45, 2.75) is 44.9 Å². The van der Waals surface area contributed by atoms with Gasteiger partial charge in [-0.2, -0.15) is 0 Å². The summed E-state index contributed by atoms with van der Waals surface area (Å²) in [7, 11) is 1.69. The zero-order chi connectivity index (χ0) is 14.4. The molecule has 1 amide bonds. The van der Waals surface area contributed by atoms with Gasteiger partial charge in [0.25, 0.3) is 0 Å². The molecule has 3 heteroatoms. The largest absolute Gasteiger partial charge is 0.497 e. The van der Waals surface area contributed by atoms with Gasteiger partial charge < -0.3 is 9.64 Å². The molecule has 0 spiro atoms. The fourth-order valence-corrected chi connectivity index (χ4v) is 2.82. The Bertz CT molecular complexity index is 419. The van der Waals surface area contributed by atoms with Crippen LogP contribution < -0.4 is 4.74 Å². The lowest BCUT2D eigenvalue weighted by molar-refractivity contribution is -0.132. The number of rotatable bonds is 5. The highest BCUT2D eigenvalue weighted by atomic mass is 16.5. The average molecular weight is 275 g/mol. The smallest absolute Gasteiger partial charge is 0.222 e. The SMILES string of the molecule is CCCCC(=O)N1CCC(c2ccc(OC)cc2)CC1. The molecule has 1 aromatic carbocycles. The summed E-state index contributed by atoms with van der Waals surface area (Å²) < 4.78 is 5.19. The number of ether oxygens (including phenoxy) is 1. The number of methoxy groups -OCH3 is 1. The third-order valence-corrected chi connectivity index (χ3v) is 4.18. The number of piperidine rings is 1. The lowest BCUT2D eigenvalue weighted by Gasteiger charge is -2.32. The normalized spacial score (nSPS) is 16.2. The average Bonchev–Trinajstić information content (AvgIpc) is 2.53. The number of benzene rings is 1. The minimum Gasteiger partial charge on any atom is -0.497 e. The van der Waals surface area contributed by atoms with Gasteiger partial charge in [-0.3, -0.25) is 4.79 Å². The highest BCUT2D eigenvalue weighted by Crippen LogP contribution is 2.29. The summed E-state index contributed by atoms with van der Waals surface area (Å²) in [5.74, 6) is 1.82. The molecule has 20 heavy (non-hydrogen) atoms. The molecule has 0 saturated carbocycles. The van der Waals surface area contributed by atoms with Crippen LogP contribution in [0, 0.1) is 0 Å². The Labute approximate surface area is 121 Å². The topological polar surface area (TPSA) is 29.5 Å². The van der Waals surface area contributed by atoms with Crippen molar-refractivity contribution < 1.29 is 9.53 Å². The molecule has 3 nitrogen and oxygen atoms in total. The second-order valence-corrected chi connectivity index (χ2v) is 5.53. The molecule has 1 aromatic rings. The first-order chi connectivity index (χ1) is 9.74. The van der Waals surface area contributed by atoms with Gasteiger partial charge in [0.1, 0.15) is 5.75 Å². The monoisotopic (exact) mass is 275 g/mol. The van der Waals surface area contributed by atoms with E-state index in [-0.39, 0.29) is 0 Å². The van der Waals surface area contributed by atoms with Gasteiger partial charge in [-0.1, -0.05) is 25.5 Å². The van der Waals surface area contributed by atoms with Gasteiger partial charge in [0.05, 0.1) is 7.11 Å². The highest BCUT2D eigenvalue weighted by molar-refractivity contribution is 5.76. The standard InChI is InChI=1S/C17H25NO2/c1-3-4-5-17(19)18-12-10-15(11-13-18)14-6-8-16(20-2)9-7-14/h6-9,15H,3-5,10-13H2,1-2H3. The van der Waals surface area contributed by atoms with Crippen LogP contribution in [-0.2, 0) is 4.79 Å². The van der Waals surface area contributed by atoms with E-state index in [9.17, 15) is 4.79 Å². The number of amides is 1. The van der Waals surface area contributed by atoms with Gasteiger partial charge in [0.2, 0.25) is 5.91 Å². The van der Waals surface area contributed by atoms with Crippen molar-refractivity contribution in [1.29, 1.82) is 0 Å². The van der Waals surface area contributed by atoms with Crippen LogP contribution in [0.5, 0.6) is 5.75 Å². The highest BCUT2D eigenvalue weighted by Gasteiger charge is 2.23. The van der Waals surface area contributed by atoms with Crippen molar-refractivity contribution >= 4 is 5.91 Å². The fraction of sp³-hybridized carbons (Fsp3) is 0.588. The zero-order valence-electron chi connectivity index (χ0n) is 12.6. The predicted octanol–water partition coefficient (Wildman–Crippen LogP) is 3.59. The molecule has 0 unspecified atom stereocenters. The zero-order valence-corrected chi connectivity index (χ0v) is 12.6. The minimum absolute atomic E-state index is 0.333. The quantitative estimate of drug-likeness (QED) is 0.822. The minimum atomic E-state index is 0.333. The number of likely N-dealkylation sites (tertiary alicyclic amines) is 1. The molecule has 1 fully saturated rings. The molecule has 110 valence electrons. The third kappa shape index (κ3) is 3.75. The summed E-state index contributed by atoms with van der Waals surface area (Å²) in [5, 5.41) is 0. The first-order valence-electron chi connectivity index (χ1n) is 7.66. The Morgan fingerprint density at radius 1 is 1.25 bits per heavy atom. The first-order valence-corrected chi connectivity index (χ1v) is 7.66. The lowest BCUT2D eigenvalue weighted by Crippen LogP contribution is -2.37. The summed E-state index contributed by atoms with van der Waals surface area (Å²) in [6.45, 7) is 3.93. The maximum atomic E-state index is 12.0. The van der Waals surface area contributed by atoms with E-state index in [1.807, 2.05) is 17.0 Å². The van der Waals surface area contributed by atoms with Crippen LogP contribution >= 0.6 is 0 Å². The van der Waals surface area contributed by atoms with E-state index in [2.05, 4.69) is 19.1 Å². The fourth-order valence-electron chi connectivity index (χ4n) is 2.82. The Morgan fingerprint density at radius 2 is 1.90 bits per heavy atom. The molecule has 1 saturated heterocycles. The Kier molecular flexibility index (Phi) is 5.45. The van der Waals surface area contributed by atoms with E-state index in [4.69, 9.17) is 4.74 Å². The van der Waals surface area contributed by atoms with Crippen LogP contribution in [0.4, 0.5) is 0 Å². The molecule has 2 rings (SSSR count). The third-order valence-electron chi connectivity index (χ3n) is 4.18. The van der Waals surface area contributed by atoms with E-state index in [1.54, 1.807) is 7.11 Å². The summed E-state index contributed by atoms with van der Waals surface area (Å²) in [4.78, 5) is 14.0. The summed E-state index contributed by atoms with van der Waals surface area (Å²) in [5.41, 5.74) is 1.37. The Balaban J connectivity index is 1.85. The van der Waals surface area contributed by atoms with Gasteiger partial charge in [0, 0.05) is 19.5 Å². The lowest BCUT2D eigenvalue weighted by atomic mass is 9.89. The number of nitrogens with zero attached hydrogens (tertiary/aromatic N) is 1. The van der Waals surface area contributed by atoms with Crippen molar-refractivity contribution in [3.05, 3.63) is 29.8 Å². The maximum Gasteiger partial charge on any atom is 0.222 e. The molecule has 0 aromatic heterocycles. The van der Waals surface area contributed by atoms with Crippen LogP contribution in [0.3, 0.4) is 0 Å². The Morgan fingerprint density at radius 3 is 2.45 bits per heavy atom. The number of hydrogen-bond acceptors (Lipinski definition) is 2. The molecule has 1 aliphatic rings. The summed E-state index contributed by atoms with van der Waals surface area (Å²) in [6, 6.07) is 8.35. The van der Waals surface area contributed by atoms with Gasteiger partial charge in [-0.05, 0) is 42.9 Å². The number of hydrogen-bond donors (Lipinski definition) is 0. The second-order valence-electron chi connectivity index (χ2n) is 5.53. The van der Waals surface area contributed by atoms with Crippen molar-refractivity contribution in [2.24, 2.45) is 0 Å². The number of carbonyl (C=O) groups excluding carboxylic acids is 1. The Hall–Kier alpha value is -1.51. The van der Waals surface area contributed by atoms with Crippen LogP contribution in [0.25, 0.3) is 0 Å². The van der Waals surface area contributed by atoms with E-state index in [0.29, 0.717) is 18.2 Å². The van der Waals surface area contributed by atoms with E-state index >= 15 is 0 Å².